The van der Waals surface area contributed by atoms with Gasteiger partial charge in [-0.2, -0.15) is 0 Å². The Bertz CT molecular complexity index is 367. The lowest BCUT2D eigenvalue weighted by molar-refractivity contribution is 0.0323. The zero-order chi connectivity index (χ0) is 15.0. The molecule has 0 heterocycles. The molecular weight excluding hydrogens is 248 g/mol. The Morgan fingerprint density at radius 3 is 2.00 bits per heavy atom. The molecule has 0 aliphatic rings. The fourth-order valence-electron chi connectivity index (χ4n) is 2.35. The molecule has 0 atom stereocenters. The molecule has 0 bridgehead atoms. The number of rotatable bonds is 9. The molecule has 0 amide bonds. The van der Waals surface area contributed by atoms with E-state index in [1.165, 1.54) is 11.3 Å². The van der Waals surface area contributed by atoms with Gasteiger partial charge in [-0.25, -0.2) is 0 Å². The summed E-state index contributed by atoms with van der Waals surface area (Å²) in [7, 11) is 0. The zero-order valence-corrected chi connectivity index (χ0v) is 13.4. The van der Waals surface area contributed by atoms with Gasteiger partial charge in [0.25, 0.3) is 0 Å². The Balaban J connectivity index is 2.50. The summed E-state index contributed by atoms with van der Waals surface area (Å²) in [6.07, 6.45) is 1.58. The first-order chi connectivity index (χ1) is 9.58. The summed E-state index contributed by atoms with van der Waals surface area (Å²) in [4.78, 5) is 2.34. The lowest BCUT2D eigenvalue weighted by Crippen LogP contribution is -2.39. The van der Waals surface area contributed by atoms with Gasteiger partial charge in [-0.1, -0.05) is 26.0 Å². The predicted molar refractivity (Wildman–Crippen MR) is 87.2 cm³/mol. The van der Waals surface area contributed by atoms with Gasteiger partial charge in [0.2, 0.25) is 0 Å². The molecule has 0 fully saturated rings. The predicted octanol–water partition coefficient (Wildman–Crippen LogP) is 3.17. The first-order valence-electron chi connectivity index (χ1n) is 7.85. The second-order valence-electron chi connectivity index (χ2n) is 5.37. The summed E-state index contributed by atoms with van der Waals surface area (Å²) in [6, 6.07) is 8.68. The molecule has 3 heteroatoms. The summed E-state index contributed by atoms with van der Waals surface area (Å²) in [5.74, 6) is 0. The molecule has 0 spiro atoms. The first-order valence-corrected chi connectivity index (χ1v) is 7.85. The number of hydrogen-bond donors (Lipinski definition) is 2. The number of nitrogens with zero attached hydrogens (tertiary/aromatic N) is 1. The topological polar surface area (TPSA) is 35.5 Å². The highest BCUT2D eigenvalue weighted by molar-refractivity contribution is 5.47. The van der Waals surface area contributed by atoms with Gasteiger partial charge in [0, 0.05) is 31.9 Å². The van der Waals surface area contributed by atoms with Crippen LogP contribution in [0.1, 0.15) is 46.1 Å². The lowest BCUT2D eigenvalue weighted by Gasteiger charge is -2.25. The van der Waals surface area contributed by atoms with E-state index in [0.29, 0.717) is 6.54 Å². The number of benzene rings is 1. The third-order valence-corrected chi connectivity index (χ3v) is 4.16. The summed E-state index contributed by atoms with van der Waals surface area (Å²) < 4.78 is 0. The maximum Gasteiger partial charge on any atom is 0.0766 e. The van der Waals surface area contributed by atoms with Crippen molar-refractivity contribution in [1.29, 1.82) is 0 Å². The molecule has 0 aliphatic heterocycles. The molecule has 2 N–H and O–H groups in total. The number of nitrogens with one attached hydrogen (secondary N) is 1. The second kappa shape index (κ2) is 8.28. The van der Waals surface area contributed by atoms with Gasteiger partial charge in [0.1, 0.15) is 0 Å². The van der Waals surface area contributed by atoms with Crippen molar-refractivity contribution in [3.63, 3.8) is 0 Å². The maximum absolute atomic E-state index is 10.2. The molecule has 114 valence electrons. The van der Waals surface area contributed by atoms with Crippen molar-refractivity contribution in [3.8, 4) is 0 Å². The van der Waals surface area contributed by atoms with Crippen molar-refractivity contribution < 1.29 is 5.11 Å². The van der Waals surface area contributed by atoms with E-state index >= 15 is 0 Å². The molecular formula is C17H30N2O. The van der Waals surface area contributed by atoms with Crippen LogP contribution in [0.2, 0.25) is 0 Å². The van der Waals surface area contributed by atoms with E-state index in [2.05, 4.69) is 48.3 Å². The van der Waals surface area contributed by atoms with Gasteiger partial charge in [0.15, 0.2) is 0 Å². The van der Waals surface area contributed by atoms with Crippen LogP contribution in [-0.4, -0.2) is 30.3 Å². The van der Waals surface area contributed by atoms with Crippen molar-refractivity contribution in [3.05, 3.63) is 29.8 Å². The third-order valence-electron chi connectivity index (χ3n) is 4.16. The van der Waals surface area contributed by atoms with Crippen LogP contribution < -0.4 is 10.2 Å². The quantitative estimate of drug-likeness (QED) is 0.728. The molecule has 3 nitrogen and oxygen atoms in total. The van der Waals surface area contributed by atoms with E-state index < -0.39 is 5.60 Å². The Morgan fingerprint density at radius 1 is 1.00 bits per heavy atom. The average molecular weight is 278 g/mol. The number of anilines is 1. The van der Waals surface area contributed by atoms with Gasteiger partial charge in [-0.15, -0.1) is 0 Å². The standard InChI is InChI=1S/C17H30N2O/c1-5-17(20,6-2)14-18-13-15-9-11-16(12-10-15)19(7-3)8-4/h9-12,18,20H,5-8,13-14H2,1-4H3. The van der Waals surface area contributed by atoms with Crippen molar-refractivity contribution >= 4 is 5.69 Å². The van der Waals surface area contributed by atoms with E-state index in [9.17, 15) is 5.11 Å². The highest BCUT2D eigenvalue weighted by atomic mass is 16.3. The fraction of sp³-hybridized carbons (Fsp3) is 0.647. The molecule has 0 saturated carbocycles. The van der Waals surface area contributed by atoms with Crippen LogP contribution in [0.5, 0.6) is 0 Å². The molecule has 1 aromatic carbocycles. The second-order valence-corrected chi connectivity index (χ2v) is 5.37. The summed E-state index contributed by atoms with van der Waals surface area (Å²) in [5, 5.41) is 13.6. The molecule has 1 aromatic rings. The monoisotopic (exact) mass is 278 g/mol. The SMILES string of the molecule is CCN(CC)c1ccc(CNCC(O)(CC)CC)cc1. The van der Waals surface area contributed by atoms with Crippen LogP contribution >= 0.6 is 0 Å². The molecule has 0 saturated heterocycles. The van der Waals surface area contributed by atoms with Crippen LogP contribution in [-0.2, 0) is 6.54 Å². The average Bonchev–Trinajstić information content (AvgIpc) is 2.50. The van der Waals surface area contributed by atoms with Crippen molar-refractivity contribution in [1.82, 2.24) is 5.32 Å². The lowest BCUT2D eigenvalue weighted by atomic mass is 9.97. The number of aliphatic hydroxyl groups is 1. The van der Waals surface area contributed by atoms with Crippen LogP contribution in [0.4, 0.5) is 5.69 Å². The van der Waals surface area contributed by atoms with Gasteiger partial charge < -0.3 is 15.3 Å². The molecule has 20 heavy (non-hydrogen) atoms. The summed E-state index contributed by atoms with van der Waals surface area (Å²) in [6.45, 7) is 11.9. The minimum atomic E-state index is -0.568. The van der Waals surface area contributed by atoms with E-state index in [0.717, 1.165) is 32.5 Å². The van der Waals surface area contributed by atoms with E-state index in [1.807, 2.05) is 13.8 Å². The Kier molecular flexibility index (Phi) is 7.03. The van der Waals surface area contributed by atoms with Gasteiger partial charge >= 0.3 is 0 Å². The van der Waals surface area contributed by atoms with E-state index in [4.69, 9.17) is 0 Å². The largest absolute Gasteiger partial charge is 0.389 e. The normalized spacial score (nSPS) is 11.7. The van der Waals surface area contributed by atoms with Crippen molar-refractivity contribution in [2.24, 2.45) is 0 Å². The summed E-state index contributed by atoms with van der Waals surface area (Å²) >= 11 is 0. The molecule has 0 radical (unpaired) electrons. The van der Waals surface area contributed by atoms with Gasteiger partial charge in [-0.3, -0.25) is 0 Å². The van der Waals surface area contributed by atoms with Gasteiger partial charge in [-0.05, 0) is 44.4 Å². The summed E-state index contributed by atoms with van der Waals surface area (Å²) in [5.41, 5.74) is 1.97. The molecule has 0 unspecified atom stereocenters. The van der Waals surface area contributed by atoms with Crippen molar-refractivity contribution in [2.75, 3.05) is 24.5 Å². The minimum absolute atomic E-state index is 0.568. The van der Waals surface area contributed by atoms with Crippen LogP contribution in [0.3, 0.4) is 0 Å². The third kappa shape index (κ3) is 4.80. The van der Waals surface area contributed by atoms with E-state index in [-0.39, 0.29) is 0 Å². The molecule has 0 aromatic heterocycles. The first kappa shape index (κ1) is 17.0. The van der Waals surface area contributed by atoms with Crippen LogP contribution in [0, 0.1) is 0 Å². The highest BCUT2D eigenvalue weighted by Gasteiger charge is 2.20. The van der Waals surface area contributed by atoms with Gasteiger partial charge in [0.05, 0.1) is 5.60 Å². The van der Waals surface area contributed by atoms with E-state index in [1.54, 1.807) is 0 Å². The Morgan fingerprint density at radius 2 is 1.55 bits per heavy atom. The molecule has 1 rings (SSSR count). The maximum atomic E-state index is 10.2. The number of hydrogen-bond acceptors (Lipinski definition) is 3. The Hall–Kier alpha value is -1.06. The minimum Gasteiger partial charge on any atom is -0.389 e. The molecule has 0 aliphatic carbocycles. The fourth-order valence-corrected chi connectivity index (χ4v) is 2.35. The van der Waals surface area contributed by atoms with Crippen LogP contribution in [0.15, 0.2) is 24.3 Å². The highest BCUT2D eigenvalue weighted by Crippen LogP contribution is 2.16. The Labute approximate surface area is 124 Å². The van der Waals surface area contributed by atoms with Crippen molar-refractivity contribution in [2.45, 2.75) is 52.7 Å². The smallest absolute Gasteiger partial charge is 0.0766 e. The van der Waals surface area contributed by atoms with Crippen LogP contribution in [0.25, 0.3) is 0 Å². The zero-order valence-electron chi connectivity index (χ0n) is 13.4.